The molecule has 0 saturated carbocycles. The van der Waals surface area contributed by atoms with Gasteiger partial charge in [-0.1, -0.05) is 26.0 Å². The molecule has 3 nitrogen and oxygen atoms in total. The van der Waals surface area contributed by atoms with Crippen molar-refractivity contribution in [3.05, 3.63) is 12.2 Å². The Morgan fingerprint density at radius 1 is 1.50 bits per heavy atom. The molecular formula is C11H20N2O. The average Bonchev–Trinajstić information content (AvgIpc) is 2.17. The third-order valence-electron chi connectivity index (χ3n) is 2.41. The molecule has 0 spiro atoms. The molecular weight excluding hydrogens is 176 g/mol. The van der Waals surface area contributed by atoms with Gasteiger partial charge in [0.2, 0.25) is 5.91 Å². The summed E-state index contributed by atoms with van der Waals surface area (Å²) in [5, 5.41) is 0. The highest BCUT2D eigenvalue weighted by molar-refractivity contribution is 5.81. The maximum absolute atomic E-state index is 11.8. The number of nitrogens with two attached hydrogens (primary N) is 1. The maximum Gasteiger partial charge on any atom is 0.239 e. The highest BCUT2D eigenvalue weighted by Crippen LogP contribution is 2.08. The lowest BCUT2D eigenvalue weighted by molar-refractivity contribution is -0.132. The highest BCUT2D eigenvalue weighted by atomic mass is 16.2. The largest absolute Gasteiger partial charge is 0.337 e. The van der Waals surface area contributed by atoms with E-state index < -0.39 is 0 Å². The van der Waals surface area contributed by atoms with Crippen molar-refractivity contribution in [2.45, 2.75) is 32.7 Å². The van der Waals surface area contributed by atoms with Gasteiger partial charge in [0.05, 0.1) is 6.04 Å². The van der Waals surface area contributed by atoms with E-state index in [-0.39, 0.29) is 11.9 Å². The van der Waals surface area contributed by atoms with Crippen LogP contribution in [-0.4, -0.2) is 29.9 Å². The van der Waals surface area contributed by atoms with Gasteiger partial charge in [-0.2, -0.15) is 0 Å². The predicted molar refractivity (Wildman–Crippen MR) is 57.8 cm³/mol. The Kier molecular flexibility index (Phi) is 4.14. The number of hydrogen-bond acceptors (Lipinski definition) is 2. The zero-order valence-electron chi connectivity index (χ0n) is 9.07. The number of hydrogen-bond donors (Lipinski definition) is 1. The lowest BCUT2D eigenvalue weighted by atomic mass is 10.0. The molecule has 1 aliphatic heterocycles. The lowest BCUT2D eigenvalue weighted by Gasteiger charge is -2.26. The molecule has 0 aromatic rings. The summed E-state index contributed by atoms with van der Waals surface area (Å²) in [7, 11) is 0. The van der Waals surface area contributed by atoms with Gasteiger partial charge in [-0.05, 0) is 18.8 Å². The molecule has 0 aromatic heterocycles. The molecule has 14 heavy (non-hydrogen) atoms. The van der Waals surface area contributed by atoms with Crippen LogP contribution in [0.5, 0.6) is 0 Å². The van der Waals surface area contributed by atoms with Crippen molar-refractivity contribution in [3.63, 3.8) is 0 Å². The van der Waals surface area contributed by atoms with Crippen LogP contribution in [0.4, 0.5) is 0 Å². The van der Waals surface area contributed by atoms with E-state index in [0.29, 0.717) is 5.92 Å². The molecule has 1 aliphatic rings. The van der Waals surface area contributed by atoms with Gasteiger partial charge in [-0.15, -0.1) is 0 Å². The summed E-state index contributed by atoms with van der Waals surface area (Å²) in [5.41, 5.74) is 5.83. The van der Waals surface area contributed by atoms with Crippen molar-refractivity contribution >= 4 is 5.91 Å². The summed E-state index contributed by atoms with van der Waals surface area (Å²) in [6, 6.07) is -0.318. The SMILES string of the molecule is CC(C)C[C@@H](N)C(=O)N1CC=CCC1. The summed E-state index contributed by atoms with van der Waals surface area (Å²) < 4.78 is 0. The van der Waals surface area contributed by atoms with Crippen LogP contribution in [0, 0.1) is 5.92 Å². The molecule has 80 valence electrons. The Morgan fingerprint density at radius 3 is 2.71 bits per heavy atom. The number of carbonyl (C=O) groups excluding carboxylic acids is 1. The van der Waals surface area contributed by atoms with Crippen LogP contribution < -0.4 is 5.73 Å². The van der Waals surface area contributed by atoms with Crippen LogP contribution in [0.1, 0.15) is 26.7 Å². The fourth-order valence-corrected chi connectivity index (χ4v) is 1.68. The van der Waals surface area contributed by atoms with Crippen molar-refractivity contribution in [2.75, 3.05) is 13.1 Å². The van der Waals surface area contributed by atoms with Crippen LogP contribution in [0.25, 0.3) is 0 Å². The Hall–Kier alpha value is -0.830. The Bertz CT molecular complexity index is 223. The standard InChI is InChI=1S/C11H20N2O/c1-9(2)8-10(12)11(14)13-6-4-3-5-7-13/h3-4,9-10H,5-8,12H2,1-2H3/t10-/m1/s1. The predicted octanol–water partition coefficient (Wildman–Crippen LogP) is 1.15. The minimum Gasteiger partial charge on any atom is -0.337 e. The molecule has 1 heterocycles. The van der Waals surface area contributed by atoms with Gasteiger partial charge in [-0.25, -0.2) is 0 Å². The molecule has 0 aliphatic carbocycles. The monoisotopic (exact) mass is 196 g/mol. The topological polar surface area (TPSA) is 46.3 Å². The van der Waals surface area contributed by atoms with Gasteiger partial charge >= 0.3 is 0 Å². The third-order valence-corrected chi connectivity index (χ3v) is 2.41. The number of nitrogens with zero attached hydrogens (tertiary/aromatic N) is 1. The van der Waals surface area contributed by atoms with Gasteiger partial charge in [-0.3, -0.25) is 4.79 Å². The lowest BCUT2D eigenvalue weighted by Crippen LogP contribution is -2.45. The average molecular weight is 196 g/mol. The molecule has 0 radical (unpaired) electrons. The van der Waals surface area contributed by atoms with E-state index in [1.807, 2.05) is 11.0 Å². The molecule has 0 aromatic carbocycles. The fraction of sp³-hybridized carbons (Fsp3) is 0.727. The number of rotatable bonds is 3. The first-order chi connectivity index (χ1) is 6.61. The molecule has 1 amide bonds. The molecule has 0 unspecified atom stereocenters. The zero-order chi connectivity index (χ0) is 10.6. The van der Waals surface area contributed by atoms with Gasteiger partial charge in [0.1, 0.15) is 0 Å². The number of amides is 1. The fourth-order valence-electron chi connectivity index (χ4n) is 1.68. The smallest absolute Gasteiger partial charge is 0.239 e. The van der Waals surface area contributed by atoms with Crippen LogP contribution in [0.2, 0.25) is 0 Å². The second-order valence-electron chi connectivity index (χ2n) is 4.28. The summed E-state index contributed by atoms with van der Waals surface area (Å²) in [6.07, 6.45) is 5.88. The first kappa shape index (κ1) is 11.2. The normalized spacial score (nSPS) is 18.7. The molecule has 1 atom stereocenters. The van der Waals surface area contributed by atoms with Crippen molar-refractivity contribution in [2.24, 2.45) is 11.7 Å². The molecule has 0 bridgehead atoms. The highest BCUT2D eigenvalue weighted by Gasteiger charge is 2.21. The number of carbonyl (C=O) groups is 1. The van der Waals surface area contributed by atoms with Crippen molar-refractivity contribution in [1.82, 2.24) is 4.90 Å². The van der Waals surface area contributed by atoms with E-state index in [4.69, 9.17) is 5.73 Å². The van der Waals surface area contributed by atoms with E-state index in [9.17, 15) is 4.79 Å². The van der Waals surface area contributed by atoms with Gasteiger partial charge < -0.3 is 10.6 Å². The van der Waals surface area contributed by atoms with Crippen molar-refractivity contribution < 1.29 is 4.79 Å². The minimum atomic E-state index is -0.318. The Balaban J connectivity index is 2.43. The van der Waals surface area contributed by atoms with Gasteiger partial charge in [0.15, 0.2) is 0 Å². The Morgan fingerprint density at radius 2 is 2.21 bits per heavy atom. The molecule has 1 rings (SSSR count). The van der Waals surface area contributed by atoms with E-state index in [0.717, 1.165) is 25.9 Å². The van der Waals surface area contributed by atoms with Gasteiger partial charge in [0.25, 0.3) is 0 Å². The van der Waals surface area contributed by atoms with Crippen LogP contribution in [-0.2, 0) is 4.79 Å². The second kappa shape index (κ2) is 5.15. The van der Waals surface area contributed by atoms with Crippen LogP contribution in [0.3, 0.4) is 0 Å². The van der Waals surface area contributed by atoms with E-state index >= 15 is 0 Å². The zero-order valence-corrected chi connectivity index (χ0v) is 9.07. The summed E-state index contributed by atoms with van der Waals surface area (Å²) in [5.74, 6) is 0.581. The van der Waals surface area contributed by atoms with E-state index in [1.165, 1.54) is 0 Å². The van der Waals surface area contributed by atoms with Crippen molar-refractivity contribution in [1.29, 1.82) is 0 Å². The molecule has 0 saturated heterocycles. The van der Waals surface area contributed by atoms with E-state index in [1.54, 1.807) is 0 Å². The third kappa shape index (κ3) is 3.14. The summed E-state index contributed by atoms with van der Waals surface area (Å²) in [4.78, 5) is 13.6. The summed E-state index contributed by atoms with van der Waals surface area (Å²) >= 11 is 0. The first-order valence-corrected chi connectivity index (χ1v) is 5.30. The van der Waals surface area contributed by atoms with Gasteiger partial charge in [0, 0.05) is 13.1 Å². The quantitative estimate of drug-likeness (QED) is 0.688. The Labute approximate surface area is 86.0 Å². The van der Waals surface area contributed by atoms with Crippen LogP contribution >= 0.6 is 0 Å². The first-order valence-electron chi connectivity index (χ1n) is 5.30. The minimum absolute atomic E-state index is 0.100. The second-order valence-corrected chi connectivity index (χ2v) is 4.28. The molecule has 3 heteroatoms. The summed E-state index contributed by atoms with van der Waals surface area (Å²) in [6.45, 7) is 5.72. The molecule has 0 fully saturated rings. The maximum atomic E-state index is 11.8. The molecule has 2 N–H and O–H groups in total. The van der Waals surface area contributed by atoms with E-state index in [2.05, 4.69) is 19.9 Å². The van der Waals surface area contributed by atoms with Crippen molar-refractivity contribution in [3.8, 4) is 0 Å². The van der Waals surface area contributed by atoms with Crippen LogP contribution in [0.15, 0.2) is 12.2 Å².